The van der Waals surface area contributed by atoms with Crippen LogP contribution in [0.4, 0.5) is 0 Å². The number of aliphatic hydroxyl groups excluding tert-OH is 1. The number of rotatable bonds is 7. The molecular weight excluding hydrogens is 664 g/mol. The Morgan fingerprint density at radius 3 is 1.45 bits per heavy atom. The SMILES string of the molecule is COCOC1C[C@@](C)(C(C)C)C(=O)[C@H](C)C23CC[C@@H](C)[C@]1(C)C2[C@H](OC)CC3.CO[C@@H]1CCC23CC[C@@H](C)[C@](C)(C12)[C@H](O)C[C@@](C)(C(C)C)C(=O)[C@@H]3C. The number of hydrogen-bond acceptors (Lipinski definition) is 7. The van der Waals surface area contributed by atoms with Crippen LogP contribution in [0.1, 0.15) is 147 Å². The van der Waals surface area contributed by atoms with Crippen LogP contribution in [0.2, 0.25) is 0 Å². The molecule has 306 valence electrons. The molecule has 6 aliphatic rings. The van der Waals surface area contributed by atoms with Gasteiger partial charge in [-0.1, -0.05) is 83.1 Å². The van der Waals surface area contributed by atoms with Crippen LogP contribution in [0.25, 0.3) is 0 Å². The van der Waals surface area contributed by atoms with Crippen molar-refractivity contribution in [3.8, 4) is 0 Å². The molecule has 6 aliphatic carbocycles. The maximum Gasteiger partial charge on any atom is 0.146 e. The van der Waals surface area contributed by atoms with E-state index in [1.54, 1.807) is 7.11 Å². The third-order valence-electron chi connectivity index (χ3n) is 19.1. The number of ether oxygens (including phenoxy) is 4. The molecule has 0 amide bonds. The highest BCUT2D eigenvalue weighted by Crippen LogP contribution is 2.70. The number of hydrogen-bond donors (Lipinski definition) is 1. The van der Waals surface area contributed by atoms with Crippen LogP contribution >= 0.6 is 0 Å². The second-order valence-corrected chi connectivity index (χ2v) is 21.0. The van der Waals surface area contributed by atoms with E-state index in [2.05, 4.69) is 83.1 Å². The van der Waals surface area contributed by atoms with Gasteiger partial charge in [0.2, 0.25) is 0 Å². The van der Waals surface area contributed by atoms with Gasteiger partial charge in [-0.05, 0) is 111 Å². The molecule has 0 aromatic rings. The molecule has 16 atom stereocenters. The number of carbonyl (C=O) groups is 2. The van der Waals surface area contributed by atoms with Crippen molar-refractivity contribution in [1.82, 2.24) is 0 Å². The first-order valence-corrected chi connectivity index (χ1v) is 21.6. The highest BCUT2D eigenvalue weighted by atomic mass is 16.7. The Hall–Kier alpha value is -0.860. The average Bonchev–Trinajstić information content (AvgIpc) is 3.72. The standard InChI is InChI=1S/C24H42O4.C22H38O3/c1-15(2)22(5)13-19(28-14-26-7)23(6)16(3)9-11-24(17(4)21(22)25)12-10-18(27-8)20(23)24;1-13(2)20(5)12-17(23)21(6)14(3)8-10-22(15(4)19(20)24)11-9-16(25-7)18(21)22/h15-20H,9-14H2,1-8H3;13-18,23H,8-12H2,1-7H3/t16-,17+,18-,19?,20?,22+,23+,24?;14-,15+,16-,17-,18?,20+,21+,22?/m11/s1. The maximum atomic E-state index is 14.0. The van der Waals surface area contributed by atoms with Crippen molar-refractivity contribution in [1.29, 1.82) is 0 Å². The molecule has 7 nitrogen and oxygen atoms in total. The zero-order valence-electron chi connectivity index (χ0n) is 36.6. The van der Waals surface area contributed by atoms with Crippen molar-refractivity contribution >= 4 is 11.6 Å². The fourth-order valence-corrected chi connectivity index (χ4v) is 14.3. The summed E-state index contributed by atoms with van der Waals surface area (Å²) in [6.07, 6.45) is 9.99. The van der Waals surface area contributed by atoms with E-state index < -0.39 is 11.5 Å². The molecule has 6 saturated carbocycles. The lowest BCUT2D eigenvalue weighted by Gasteiger charge is -2.62. The van der Waals surface area contributed by atoms with Crippen LogP contribution in [-0.2, 0) is 28.5 Å². The molecule has 5 unspecified atom stereocenters. The fourth-order valence-electron chi connectivity index (χ4n) is 14.3. The van der Waals surface area contributed by atoms with Gasteiger partial charge in [-0.15, -0.1) is 0 Å². The smallest absolute Gasteiger partial charge is 0.146 e. The van der Waals surface area contributed by atoms with E-state index >= 15 is 0 Å². The van der Waals surface area contributed by atoms with Gasteiger partial charge in [0.1, 0.15) is 18.4 Å². The third-order valence-corrected chi connectivity index (χ3v) is 19.1. The summed E-state index contributed by atoms with van der Waals surface area (Å²) in [4.78, 5) is 27.6. The molecular formula is C46H80O7. The van der Waals surface area contributed by atoms with Crippen molar-refractivity contribution in [3.05, 3.63) is 0 Å². The lowest BCUT2D eigenvalue weighted by Crippen LogP contribution is -2.63. The summed E-state index contributed by atoms with van der Waals surface area (Å²) in [5.41, 5.74) is -1.000. The lowest BCUT2D eigenvalue weighted by molar-refractivity contribution is -0.222. The van der Waals surface area contributed by atoms with Crippen LogP contribution in [-0.4, -0.2) is 69.2 Å². The molecule has 6 fully saturated rings. The Labute approximate surface area is 324 Å². The van der Waals surface area contributed by atoms with E-state index in [1.807, 2.05) is 14.2 Å². The Kier molecular flexibility index (Phi) is 12.4. The predicted octanol–water partition coefficient (Wildman–Crippen LogP) is 9.56. The Morgan fingerprint density at radius 2 is 1.04 bits per heavy atom. The molecule has 4 bridgehead atoms. The second kappa shape index (κ2) is 15.1. The highest BCUT2D eigenvalue weighted by molar-refractivity contribution is 5.88. The van der Waals surface area contributed by atoms with Gasteiger partial charge < -0.3 is 24.1 Å². The zero-order valence-corrected chi connectivity index (χ0v) is 36.6. The molecule has 53 heavy (non-hydrogen) atoms. The molecule has 1 N–H and O–H groups in total. The van der Waals surface area contributed by atoms with E-state index in [1.165, 1.54) is 0 Å². The average molecular weight is 745 g/mol. The van der Waals surface area contributed by atoms with E-state index in [0.717, 1.165) is 57.8 Å². The molecule has 0 aliphatic heterocycles. The van der Waals surface area contributed by atoms with Crippen LogP contribution in [0.5, 0.6) is 0 Å². The van der Waals surface area contributed by atoms with Gasteiger partial charge in [0.15, 0.2) is 0 Å². The van der Waals surface area contributed by atoms with E-state index in [4.69, 9.17) is 18.9 Å². The van der Waals surface area contributed by atoms with E-state index in [-0.39, 0.29) is 81.8 Å². The van der Waals surface area contributed by atoms with E-state index in [0.29, 0.717) is 35.7 Å². The Balaban J connectivity index is 0.000000206. The predicted molar refractivity (Wildman–Crippen MR) is 211 cm³/mol. The van der Waals surface area contributed by atoms with Crippen molar-refractivity contribution in [2.75, 3.05) is 28.1 Å². The largest absolute Gasteiger partial charge is 0.393 e. The Bertz CT molecular complexity index is 1330. The Morgan fingerprint density at radius 1 is 0.642 bits per heavy atom. The van der Waals surface area contributed by atoms with Crippen LogP contribution < -0.4 is 0 Å². The van der Waals surface area contributed by atoms with Gasteiger partial charge in [-0.2, -0.15) is 0 Å². The first-order chi connectivity index (χ1) is 24.6. The zero-order chi connectivity index (χ0) is 39.7. The molecule has 0 heterocycles. The van der Waals surface area contributed by atoms with Gasteiger partial charge in [0.25, 0.3) is 0 Å². The highest BCUT2D eigenvalue weighted by Gasteiger charge is 2.70. The molecule has 0 radical (unpaired) electrons. The molecule has 0 aromatic heterocycles. The molecule has 6 rings (SSSR count). The molecule has 0 spiro atoms. The minimum Gasteiger partial charge on any atom is -0.393 e. The van der Waals surface area contributed by atoms with Crippen molar-refractivity contribution in [2.45, 2.75) is 172 Å². The van der Waals surface area contributed by atoms with Crippen LogP contribution in [0.15, 0.2) is 0 Å². The summed E-state index contributed by atoms with van der Waals surface area (Å²) in [5, 5.41) is 11.5. The summed E-state index contributed by atoms with van der Waals surface area (Å²) >= 11 is 0. The summed E-state index contributed by atoms with van der Waals surface area (Å²) in [6, 6.07) is 0. The first-order valence-electron chi connectivity index (χ1n) is 21.6. The van der Waals surface area contributed by atoms with Crippen molar-refractivity contribution in [2.24, 2.45) is 79.8 Å². The summed E-state index contributed by atoms with van der Waals surface area (Å²) in [7, 11) is 5.34. The van der Waals surface area contributed by atoms with E-state index in [9.17, 15) is 14.7 Å². The minimum absolute atomic E-state index is 0.00340. The normalized spacial score (nSPS) is 51.1. The molecule has 7 heteroatoms. The van der Waals surface area contributed by atoms with Gasteiger partial charge in [-0.25, -0.2) is 0 Å². The molecule has 0 aromatic carbocycles. The summed E-state index contributed by atoms with van der Waals surface area (Å²) in [6.45, 7) is 27.1. The third kappa shape index (κ3) is 6.20. The van der Waals surface area contributed by atoms with Crippen LogP contribution in [0, 0.1) is 79.8 Å². The quantitative estimate of drug-likeness (QED) is 0.260. The summed E-state index contributed by atoms with van der Waals surface area (Å²) < 4.78 is 23.7. The molecule has 0 saturated heterocycles. The van der Waals surface area contributed by atoms with Gasteiger partial charge in [0, 0.05) is 54.8 Å². The van der Waals surface area contributed by atoms with Gasteiger partial charge in [-0.3, -0.25) is 9.59 Å². The number of Topliss-reactive ketones (excluding diaryl/α,β-unsaturated/α-hetero) is 2. The number of aliphatic hydroxyl groups is 1. The maximum absolute atomic E-state index is 14.0. The van der Waals surface area contributed by atoms with Gasteiger partial charge in [0.05, 0.1) is 24.4 Å². The summed E-state index contributed by atoms with van der Waals surface area (Å²) in [5.74, 6) is 3.06. The van der Waals surface area contributed by atoms with Crippen LogP contribution in [0.3, 0.4) is 0 Å². The second-order valence-electron chi connectivity index (χ2n) is 21.0. The lowest BCUT2D eigenvalue weighted by atomic mass is 9.43. The topological polar surface area (TPSA) is 91.3 Å². The minimum atomic E-state index is -0.452. The number of methoxy groups -OCH3 is 3. The number of ketones is 2. The number of carbonyl (C=O) groups excluding carboxylic acids is 2. The van der Waals surface area contributed by atoms with Gasteiger partial charge >= 0.3 is 0 Å². The fraction of sp³-hybridized carbons (Fsp3) is 0.957. The van der Waals surface area contributed by atoms with Crippen molar-refractivity contribution in [3.63, 3.8) is 0 Å². The first kappa shape index (κ1) is 43.3. The van der Waals surface area contributed by atoms with Crippen molar-refractivity contribution < 1.29 is 33.6 Å². The monoisotopic (exact) mass is 745 g/mol.